The number of fused-ring (bicyclic) bond motifs is 1. The number of para-hydroxylation sites is 1. The molecule has 2 aromatic carbocycles. The van der Waals surface area contributed by atoms with E-state index in [1.54, 1.807) is 0 Å². The Morgan fingerprint density at radius 2 is 1.86 bits per heavy atom. The van der Waals surface area contributed by atoms with Crippen molar-refractivity contribution in [3.05, 3.63) is 87.0 Å². The van der Waals surface area contributed by atoms with Gasteiger partial charge < -0.3 is 4.98 Å². The van der Waals surface area contributed by atoms with Crippen LogP contribution < -0.4 is 5.56 Å². The number of pyridine rings is 1. The Bertz CT molecular complexity index is 1380. The van der Waals surface area contributed by atoms with Gasteiger partial charge >= 0.3 is 0 Å². The molecule has 0 aliphatic carbocycles. The molecule has 0 bridgehead atoms. The third kappa shape index (κ3) is 5.73. The number of hydrogen-bond donors (Lipinski definition) is 1. The second kappa shape index (κ2) is 10.7. The average Bonchev–Trinajstić information content (AvgIpc) is 3.32. The third-order valence-electron chi connectivity index (χ3n) is 6.74. The van der Waals surface area contributed by atoms with Crippen molar-refractivity contribution >= 4 is 10.9 Å². The van der Waals surface area contributed by atoms with Crippen LogP contribution in [0.5, 0.6) is 0 Å². The van der Waals surface area contributed by atoms with Crippen LogP contribution in [0.4, 0.5) is 0 Å². The highest BCUT2D eigenvalue weighted by Crippen LogP contribution is 2.29. The van der Waals surface area contributed by atoms with E-state index in [4.69, 9.17) is 0 Å². The van der Waals surface area contributed by atoms with E-state index in [0.717, 1.165) is 53.7 Å². The van der Waals surface area contributed by atoms with Crippen LogP contribution in [0.1, 0.15) is 74.7 Å². The van der Waals surface area contributed by atoms with Crippen molar-refractivity contribution in [3.8, 4) is 0 Å². The fraction of sp³-hybridized carbons (Fsp3) is 0.448. The van der Waals surface area contributed by atoms with Gasteiger partial charge in [-0.05, 0) is 80.5 Å². The number of benzene rings is 2. The lowest BCUT2D eigenvalue weighted by atomic mass is 10.0. The quantitative estimate of drug-likeness (QED) is 0.339. The van der Waals surface area contributed by atoms with E-state index in [0.29, 0.717) is 6.54 Å². The van der Waals surface area contributed by atoms with Crippen LogP contribution in [-0.2, 0) is 18.5 Å². The number of aromatic amines is 1. The van der Waals surface area contributed by atoms with Gasteiger partial charge in [-0.2, -0.15) is 0 Å². The number of H-pyrrole nitrogens is 1. The first kappa shape index (κ1) is 25.8. The van der Waals surface area contributed by atoms with Crippen LogP contribution in [0, 0.1) is 13.8 Å². The maximum absolute atomic E-state index is 13.2. The Hall–Kier alpha value is -3.32. The fourth-order valence-electron chi connectivity index (χ4n) is 4.88. The molecule has 190 valence electrons. The van der Waals surface area contributed by atoms with Gasteiger partial charge in [-0.25, -0.2) is 4.68 Å². The predicted molar refractivity (Wildman–Crippen MR) is 145 cm³/mol. The zero-order valence-corrected chi connectivity index (χ0v) is 22.4. The molecule has 0 amide bonds. The van der Waals surface area contributed by atoms with Crippen LogP contribution >= 0.6 is 0 Å². The summed E-state index contributed by atoms with van der Waals surface area (Å²) in [6.07, 6.45) is 2.76. The molecule has 1 N–H and O–H groups in total. The second-order valence-electron chi connectivity index (χ2n) is 10.8. The summed E-state index contributed by atoms with van der Waals surface area (Å²) in [7, 11) is 0. The van der Waals surface area contributed by atoms with Gasteiger partial charge in [0, 0.05) is 18.7 Å². The maximum atomic E-state index is 13.2. The summed E-state index contributed by atoms with van der Waals surface area (Å²) in [6, 6.07) is 16.8. The first-order valence-corrected chi connectivity index (χ1v) is 12.9. The number of aromatic nitrogens is 5. The molecule has 36 heavy (non-hydrogen) atoms. The standard InChI is InChI=1S/C29H38N6O/c1-7-10-25(27-31-32-33-35(27)29(4,5)6)34(16-15-22-13-8-11-20(2)17-22)19-24-18-23-14-9-12-21(3)26(23)30-28(24)36/h8-9,11-14,17-18,25H,7,10,15-16,19H2,1-6H3,(H,30,36)/t25-/m0/s1. The van der Waals surface area contributed by atoms with Crippen LogP contribution in [0.25, 0.3) is 10.9 Å². The minimum atomic E-state index is -0.245. The summed E-state index contributed by atoms with van der Waals surface area (Å²) < 4.78 is 1.93. The van der Waals surface area contributed by atoms with Gasteiger partial charge in [0.1, 0.15) is 0 Å². The molecule has 1 atom stereocenters. The lowest BCUT2D eigenvalue weighted by Gasteiger charge is -2.33. The predicted octanol–water partition coefficient (Wildman–Crippen LogP) is 5.47. The van der Waals surface area contributed by atoms with Crippen LogP contribution in [0.15, 0.2) is 53.3 Å². The van der Waals surface area contributed by atoms with E-state index in [1.165, 1.54) is 11.1 Å². The van der Waals surface area contributed by atoms with E-state index in [1.807, 2.05) is 29.8 Å². The van der Waals surface area contributed by atoms with Gasteiger partial charge in [0.2, 0.25) is 0 Å². The summed E-state index contributed by atoms with van der Waals surface area (Å²) in [5.74, 6) is 0.849. The van der Waals surface area contributed by atoms with Crippen LogP contribution in [0.2, 0.25) is 0 Å². The molecule has 0 fully saturated rings. The molecule has 4 rings (SSSR count). The maximum Gasteiger partial charge on any atom is 0.252 e. The Morgan fingerprint density at radius 3 is 2.58 bits per heavy atom. The van der Waals surface area contributed by atoms with Crippen molar-refractivity contribution in [2.24, 2.45) is 0 Å². The molecular formula is C29H38N6O. The average molecular weight is 487 g/mol. The van der Waals surface area contributed by atoms with E-state index >= 15 is 0 Å². The van der Waals surface area contributed by atoms with Crippen molar-refractivity contribution in [1.29, 1.82) is 0 Å². The minimum Gasteiger partial charge on any atom is -0.321 e. The van der Waals surface area contributed by atoms with Gasteiger partial charge in [0.05, 0.1) is 17.1 Å². The third-order valence-corrected chi connectivity index (χ3v) is 6.74. The van der Waals surface area contributed by atoms with Gasteiger partial charge in [0.25, 0.3) is 5.56 Å². The Labute approximate surface area is 213 Å². The zero-order valence-electron chi connectivity index (χ0n) is 22.4. The molecular weight excluding hydrogens is 448 g/mol. The molecule has 7 heteroatoms. The first-order chi connectivity index (χ1) is 17.2. The number of hydrogen-bond acceptors (Lipinski definition) is 5. The lowest BCUT2D eigenvalue weighted by Crippen LogP contribution is -2.36. The highest BCUT2D eigenvalue weighted by Gasteiger charge is 2.30. The van der Waals surface area contributed by atoms with Gasteiger partial charge in [0.15, 0.2) is 5.82 Å². The molecule has 0 saturated heterocycles. The second-order valence-corrected chi connectivity index (χ2v) is 10.8. The number of nitrogens with one attached hydrogen (secondary N) is 1. The largest absolute Gasteiger partial charge is 0.321 e. The highest BCUT2D eigenvalue weighted by atomic mass is 16.1. The van der Waals surface area contributed by atoms with Crippen molar-refractivity contribution in [1.82, 2.24) is 30.1 Å². The summed E-state index contributed by atoms with van der Waals surface area (Å²) in [5, 5.41) is 13.9. The van der Waals surface area contributed by atoms with Crippen molar-refractivity contribution < 1.29 is 0 Å². The molecule has 0 unspecified atom stereocenters. The smallest absolute Gasteiger partial charge is 0.252 e. The number of aryl methyl sites for hydroxylation is 2. The summed E-state index contributed by atoms with van der Waals surface area (Å²) in [4.78, 5) is 18.7. The Balaban J connectivity index is 1.74. The van der Waals surface area contributed by atoms with Crippen LogP contribution in [0.3, 0.4) is 0 Å². The molecule has 0 aliphatic rings. The topological polar surface area (TPSA) is 79.7 Å². The molecule has 0 aliphatic heterocycles. The zero-order chi connectivity index (χ0) is 25.9. The summed E-state index contributed by atoms with van der Waals surface area (Å²) in [6.45, 7) is 14.0. The molecule has 4 aromatic rings. The highest BCUT2D eigenvalue weighted by molar-refractivity contribution is 5.81. The van der Waals surface area contributed by atoms with E-state index in [-0.39, 0.29) is 17.1 Å². The fourth-order valence-corrected chi connectivity index (χ4v) is 4.88. The van der Waals surface area contributed by atoms with E-state index < -0.39 is 0 Å². The SMILES string of the molecule is CCC[C@@H](c1nnnn1C(C)(C)C)N(CCc1cccc(C)c1)Cc1cc2cccc(C)c2[nH]c1=O. The van der Waals surface area contributed by atoms with Gasteiger partial charge in [-0.3, -0.25) is 9.69 Å². The van der Waals surface area contributed by atoms with E-state index in [2.05, 4.69) is 90.4 Å². The molecule has 0 saturated carbocycles. The molecule has 2 aromatic heterocycles. The Kier molecular flexibility index (Phi) is 7.69. The van der Waals surface area contributed by atoms with Crippen molar-refractivity contribution in [2.45, 2.75) is 78.9 Å². The normalized spacial score (nSPS) is 13.0. The van der Waals surface area contributed by atoms with Crippen LogP contribution in [-0.4, -0.2) is 36.6 Å². The van der Waals surface area contributed by atoms with E-state index in [9.17, 15) is 4.79 Å². The summed E-state index contributed by atoms with van der Waals surface area (Å²) >= 11 is 0. The number of tetrazole rings is 1. The van der Waals surface area contributed by atoms with Crippen molar-refractivity contribution in [2.75, 3.05) is 6.54 Å². The monoisotopic (exact) mass is 486 g/mol. The van der Waals surface area contributed by atoms with Gasteiger partial charge in [-0.1, -0.05) is 61.4 Å². The molecule has 0 radical (unpaired) electrons. The number of nitrogens with zero attached hydrogens (tertiary/aromatic N) is 5. The Morgan fingerprint density at radius 1 is 1.08 bits per heavy atom. The number of rotatable bonds is 9. The van der Waals surface area contributed by atoms with Gasteiger partial charge in [-0.15, -0.1) is 5.10 Å². The lowest BCUT2D eigenvalue weighted by molar-refractivity contribution is 0.158. The molecule has 2 heterocycles. The minimum absolute atomic E-state index is 0.0124. The first-order valence-electron chi connectivity index (χ1n) is 12.9. The van der Waals surface area contributed by atoms with Crippen molar-refractivity contribution in [3.63, 3.8) is 0 Å². The summed E-state index contributed by atoms with van der Waals surface area (Å²) in [5.41, 5.74) is 4.98. The molecule has 7 nitrogen and oxygen atoms in total. The molecule has 0 spiro atoms.